The van der Waals surface area contributed by atoms with Crippen LogP contribution >= 0.6 is 0 Å². The van der Waals surface area contributed by atoms with Crippen molar-refractivity contribution in [2.75, 3.05) is 32.1 Å². The normalized spacial score (nSPS) is 11.3. The molecule has 2 aromatic heterocycles. The van der Waals surface area contributed by atoms with Gasteiger partial charge in [-0.15, -0.1) is 0 Å². The van der Waals surface area contributed by atoms with E-state index in [1.54, 1.807) is 12.0 Å². The van der Waals surface area contributed by atoms with E-state index in [4.69, 9.17) is 9.84 Å². The molecule has 0 aliphatic heterocycles. The lowest BCUT2D eigenvalue weighted by atomic mass is 9.96. The number of amides is 1. The van der Waals surface area contributed by atoms with Gasteiger partial charge >= 0.3 is 5.97 Å². The molecule has 0 bridgehead atoms. The molecule has 0 radical (unpaired) electrons. The number of hydrogen-bond acceptors (Lipinski definition) is 5. The number of fused-ring (bicyclic) bond motifs is 4. The zero-order valence-electron chi connectivity index (χ0n) is 20.7. The molecule has 3 N–H and O–H groups in total. The molecule has 0 spiro atoms. The minimum absolute atomic E-state index is 0.0331. The molecule has 0 saturated heterocycles. The summed E-state index contributed by atoms with van der Waals surface area (Å²) in [5.41, 5.74) is 4.50. The van der Waals surface area contributed by atoms with Crippen LogP contribution in [-0.2, 0) is 9.59 Å². The Morgan fingerprint density at radius 3 is 2.63 bits per heavy atom. The number of carbonyl (C=O) groups is 2. The van der Waals surface area contributed by atoms with Crippen molar-refractivity contribution in [1.82, 2.24) is 14.9 Å². The molecule has 2 heterocycles. The van der Waals surface area contributed by atoms with E-state index >= 15 is 0 Å². The number of H-pyrrole nitrogens is 1. The average Bonchev–Trinajstić information content (AvgIpc) is 3.25. The number of aliphatic carboxylic acids is 1. The van der Waals surface area contributed by atoms with Gasteiger partial charge in [0, 0.05) is 53.9 Å². The highest BCUT2D eigenvalue weighted by molar-refractivity contribution is 6.18. The van der Waals surface area contributed by atoms with Gasteiger partial charge in [0.2, 0.25) is 5.91 Å². The van der Waals surface area contributed by atoms with Gasteiger partial charge in [-0.1, -0.05) is 0 Å². The lowest BCUT2D eigenvalue weighted by Crippen LogP contribution is -2.32. The Bertz CT molecular complexity index is 1410. The van der Waals surface area contributed by atoms with Gasteiger partial charge in [0.15, 0.2) is 0 Å². The number of rotatable bonds is 10. The van der Waals surface area contributed by atoms with Gasteiger partial charge in [-0.25, -0.2) is 4.98 Å². The van der Waals surface area contributed by atoms with Crippen LogP contribution < -0.4 is 10.1 Å². The van der Waals surface area contributed by atoms with Crippen LogP contribution in [0.4, 0.5) is 5.82 Å². The Hall–Kier alpha value is -3.81. The van der Waals surface area contributed by atoms with Gasteiger partial charge in [0.1, 0.15) is 11.6 Å². The molecule has 4 aromatic rings. The van der Waals surface area contributed by atoms with Gasteiger partial charge in [-0.2, -0.15) is 0 Å². The molecule has 2 aromatic carbocycles. The van der Waals surface area contributed by atoms with Crippen molar-refractivity contribution in [2.24, 2.45) is 0 Å². The van der Waals surface area contributed by atoms with E-state index in [0.29, 0.717) is 19.6 Å². The molecule has 0 fully saturated rings. The number of aromatic nitrogens is 2. The standard InChI is InChI=1S/C27H32N4O4/c1-5-31(22(32)9-10-23(33)34)14-6-12-28-27-25-17(3)24-20-15-18(35-4)7-8-21(20)30-26(24)16(2)19(25)11-13-29-27/h7-8,11,13,15,30H,5-6,9-10,12,14H2,1-4H3,(H,28,29)(H,33,34). The van der Waals surface area contributed by atoms with E-state index in [2.05, 4.69) is 35.2 Å². The molecule has 8 nitrogen and oxygen atoms in total. The molecule has 8 heteroatoms. The first-order chi connectivity index (χ1) is 16.8. The monoisotopic (exact) mass is 476 g/mol. The van der Waals surface area contributed by atoms with Crippen molar-refractivity contribution in [2.45, 2.75) is 40.0 Å². The highest BCUT2D eigenvalue weighted by Crippen LogP contribution is 2.39. The van der Waals surface area contributed by atoms with Crippen molar-refractivity contribution in [3.8, 4) is 5.75 Å². The van der Waals surface area contributed by atoms with Crippen LogP contribution in [0.3, 0.4) is 0 Å². The first-order valence-electron chi connectivity index (χ1n) is 12.0. The number of anilines is 1. The summed E-state index contributed by atoms with van der Waals surface area (Å²) in [5, 5.41) is 16.8. The number of carboxylic acids is 1. The number of ether oxygens (including phenoxy) is 1. The molecule has 184 valence electrons. The second-order valence-electron chi connectivity index (χ2n) is 8.77. The molecule has 0 aliphatic carbocycles. The van der Waals surface area contributed by atoms with Crippen molar-refractivity contribution in [1.29, 1.82) is 0 Å². The van der Waals surface area contributed by atoms with E-state index in [1.165, 1.54) is 10.9 Å². The molecular weight excluding hydrogens is 444 g/mol. The third-order valence-corrected chi connectivity index (χ3v) is 6.67. The summed E-state index contributed by atoms with van der Waals surface area (Å²) in [6.07, 6.45) is 2.45. The highest BCUT2D eigenvalue weighted by Gasteiger charge is 2.18. The number of nitrogens with zero attached hydrogens (tertiary/aromatic N) is 2. The molecule has 0 aliphatic rings. The van der Waals surface area contributed by atoms with Gasteiger partial charge < -0.3 is 25.0 Å². The number of benzene rings is 2. The lowest BCUT2D eigenvalue weighted by Gasteiger charge is -2.21. The van der Waals surface area contributed by atoms with Crippen molar-refractivity contribution >= 4 is 50.3 Å². The van der Waals surface area contributed by atoms with Crippen LogP contribution in [0.25, 0.3) is 32.6 Å². The summed E-state index contributed by atoms with van der Waals surface area (Å²) in [7, 11) is 1.68. The number of pyridine rings is 1. The first-order valence-corrected chi connectivity index (χ1v) is 12.0. The average molecular weight is 477 g/mol. The van der Waals surface area contributed by atoms with Crippen LogP contribution in [0.1, 0.15) is 37.3 Å². The third-order valence-electron chi connectivity index (χ3n) is 6.67. The quantitative estimate of drug-likeness (QED) is 0.278. The summed E-state index contributed by atoms with van der Waals surface area (Å²) in [6.45, 7) is 7.94. The smallest absolute Gasteiger partial charge is 0.303 e. The number of aromatic amines is 1. The Morgan fingerprint density at radius 2 is 1.91 bits per heavy atom. The van der Waals surface area contributed by atoms with E-state index < -0.39 is 5.97 Å². The molecule has 1 amide bonds. The van der Waals surface area contributed by atoms with E-state index in [-0.39, 0.29) is 18.7 Å². The van der Waals surface area contributed by atoms with Crippen molar-refractivity contribution in [3.63, 3.8) is 0 Å². The van der Waals surface area contributed by atoms with Crippen LogP contribution in [0.2, 0.25) is 0 Å². The number of carbonyl (C=O) groups excluding carboxylic acids is 1. The Morgan fingerprint density at radius 1 is 1.11 bits per heavy atom. The zero-order chi connectivity index (χ0) is 25.1. The summed E-state index contributed by atoms with van der Waals surface area (Å²) in [5.74, 6) is 0.564. The maximum atomic E-state index is 12.3. The van der Waals surface area contributed by atoms with Gasteiger partial charge in [0.05, 0.1) is 19.0 Å². The summed E-state index contributed by atoms with van der Waals surface area (Å²) in [6, 6.07) is 8.12. The van der Waals surface area contributed by atoms with E-state index in [9.17, 15) is 9.59 Å². The van der Waals surface area contributed by atoms with E-state index in [1.807, 2.05) is 31.3 Å². The maximum Gasteiger partial charge on any atom is 0.303 e. The Balaban J connectivity index is 1.60. The fraction of sp³-hybridized carbons (Fsp3) is 0.370. The molecule has 0 unspecified atom stereocenters. The summed E-state index contributed by atoms with van der Waals surface area (Å²) >= 11 is 0. The maximum absolute atomic E-state index is 12.3. The first kappa shape index (κ1) is 24.3. The molecule has 35 heavy (non-hydrogen) atoms. The van der Waals surface area contributed by atoms with Crippen LogP contribution in [-0.4, -0.2) is 58.6 Å². The number of hydrogen-bond donors (Lipinski definition) is 3. The van der Waals surface area contributed by atoms with E-state index in [0.717, 1.165) is 50.7 Å². The predicted octanol–water partition coefficient (Wildman–Crippen LogP) is 5.01. The Kier molecular flexibility index (Phi) is 7.10. The summed E-state index contributed by atoms with van der Waals surface area (Å²) in [4.78, 5) is 33.0. The van der Waals surface area contributed by atoms with Crippen LogP contribution in [0, 0.1) is 13.8 Å². The second kappa shape index (κ2) is 10.2. The number of aryl methyl sites for hydroxylation is 2. The largest absolute Gasteiger partial charge is 0.497 e. The van der Waals surface area contributed by atoms with Crippen molar-refractivity contribution in [3.05, 3.63) is 41.6 Å². The minimum Gasteiger partial charge on any atom is -0.497 e. The third kappa shape index (κ3) is 4.73. The fourth-order valence-electron chi connectivity index (χ4n) is 4.82. The number of methoxy groups -OCH3 is 1. The molecule has 0 atom stereocenters. The van der Waals surface area contributed by atoms with Gasteiger partial charge in [-0.3, -0.25) is 9.59 Å². The van der Waals surface area contributed by atoms with Crippen LogP contribution in [0.5, 0.6) is 5.75 Å². The SMILES string of the molecule is CCN(CCCNc1nccc2c(C)c3[nH]c4ccc(OC)cc4c3c(C)c12)C(=O)CCC(=O)O. The molecular formula is C27H32N4O4. The number of nitrogens with one attached hydrogen (secondary N) is 2. The zero-order valence-corrected chi connectivity index (χ0v) is 20.7. The Labute approximate surface area is 204 Å². The highest BCUT2D eigenvalue weighted by atomic mass is 16.5. The van der Waals surface area contributed by atoms with Gasteiger partial charge in [0.25, 0.3) is 0 Å². The summed E-state index contributed by atoms with van der Waals surface area (Å²) < 4.78 is 5.46. The van der Waals surface area contributed by atoms with Crippen molar-refractivity contribution < 1.29 is 19.4 Å². The lowest BCUT2D eigenvalue weighted by molar-refractivity contribution is -0.140. The number of carboxylic acid groups (broad SMARTS) is 1. The topological polar surface area (TPSA) is 108 Å². The minimum atomic E-state index is -0.952. The fourth-order valence-corrected chi connectivity index (χ4v) is 4.82. The predicted molar refractivity (Wildman–Crippen MR) is 139 cm³/mol. The van der Waals surface area contributed by atoms with Crippen LogP contribution in [0.15, 0.2) is 30.5 Å². The molecule has 4 rings (SSSR count). The molecule has 0 saturated carbocycles. The van der Waals surface area contributed by atoms with Gasteiger partial charge in [-0.05, 0) is 68.0 Å². The second-order valence-corrected chi connectivity index (χ2v) is 8.77.